The molecule has 1 atom stereocenters. The molecule has 1 unspecified atom stereocenters. The van der Waals surface area contributed by atoms with Crippen LogP contribution in [0.25, 0.3) is 0 Å². The Morgan fingerprint density at radius 3 is 2.73 bits per heavy atom. The van der Waals surface area contributed by atoms with Gasteiger partial charge in [-0.05, 0) is 44.4 Å². The number of piperidine rings is 1. The Hall–Kier alpha value is -1.77. The minimum absolute atomic E-state index is 0.0240. The second-order valence-electron chi connectivity index (χ2n) is 6.65. The predicted octanol–water partition coefficient (Wildman–Crippen LogP) is 2.70. The Morgan fingerprint density at radius 2 is 2.08 bits per heavy atom. The van der Waals surface area contributed by atoms with E-state index in [2.05, 4.69) is 4.99 Å². The van der Waals surface area contributed by atoms with Crippen molar-refractivity contribution in [3.63, 3.8) is 0 Å². The van der Waals surface area contributed by atoms with E-state index in [-0.39, 0.29) is 10.9 Å². The number of aryl methyl sites for hydroxylation is 2. The lowest BCUT2D eigenvalue weighted by Gasteiger charge is -2.32. The number of thiazole rings is 1. The van der Waals surface area contributed by atoms with Gasteiger partial charge in [0.25, 0.3) is 5.91 Å². The number of benzene rings is 1. The molecule has 0 bridgehead atoms. The fourth-order valence-corrected chi connectivity index (χ4v) is 5.59. The summed E-state index contributed by atoms with van der Waals surface area (Å²) in [5, 5.41) is 1.84. The topological polar surface area (TPSA) is 71.7 Å². The zero-order valence-electron chi connectivity index (χ0n) is 15.2. The van der Waals surface area contributed by atoms with Crippen LogP contribution in [0.5, 0.6) is 0 Å². The number of rotatable bonds is 3. The quantitative estimate of drug-likeness (QED) is 0.805. The molecule has 2 heterocycles. The van der Waals surface area contributed by atoms with E-state index in [0.29, 0.717) is 22.5 Å². The number of aromatic nitrogens is 1. The van der Waals surface area contributed by atoms with E-state index in [1.165, 1.54) is 17.4 Å². The lowest BCUT2D eigenvalue weighted by molar-refractivity contribution is 0.0997. The van der Waals surface area contributed by atoms with E-state index in [1.54, 1.807) is 27.9 Å². The third kappa shape index (κ3) is 3.67. The molecule has 0 spiro atoms. The van der Waals surface area contributed by atoms with Crippen LogP contribution in [-0.2, 0) is 17.1 Å². The van der Waals surface area contributed by atoms with E-state index in [4.69, 9.17) is 0 Å². The Morgan fingerprint density at radius 1 is 1.31 bits per heavy atom. The SMILES string of the molecule is Cc1ccc(S(=O)(=O)N2CCCCC2C)cc1C(=O)N=c1sccn1C. The van der Waals surface area contributed by atoms with Crippen molar-refractivity contribution in [3.8, 4) is 0 Å². The summed E-state index contributed by atoms with van der Waals surface area (Å²) in [7, 11) is -1.80. The molecule has 1 amide bonds. The molecule has 0 N–H and O–H groups in total. The fraction of sp³-hybridized carbons (Fsp3) is 0.444. The highest BCUT2D eigenvalue weighted by molar-refractivity contribution is 7.89. The molecule has 3 rings (SSSR count). The van der Waals surface area contributed by atoms with Gasteiger partial charge in [-0.1, -0.05) is 12.5 Å². The van der Waals surface area contributed by atoms with Gasteiger partial charge in [0.1, 0.15) is 0 Å². The number of amides is 1. The van der Waals surface area contributed by atoms with Crippen molar-refractivity contribution in [2.24, 2.45) is 12.0 Å². The van der Waals surface area contributed by atoms with Crippen molar-refractivity contribution in [1.29, 1.82) is 0 Å². The summed E-state index contributed by atoms with van der Waals surface area (Å²) in [6.07, 6.45) is 4.59. The van der Waals surface area contributed by atoms with Crippen molar-refractivity contribution in [2.75, 3.05) is 6.54 Å². The molecule has 140 valence electrons. The predicted molar refractivity (Wildman–Crippen MR) is 102 cm³/mol. The minimum Gasteiger partial charge on any atom is -0.327 e. The van der Waals surface area contributed by atoms with Crippen LogP contribution in [0.2, 0.25) is 0 Å². The molecule has 8 heteroatoms. The Balaban J connectivity index is 2.00. The summed E-state index contributed by atoms with van der Waals surface area (Å²) in [5.74, 6) is -0.427. The first-order valence-electron chi connectivity index (χ1n) is 8.62. The van der Waals surface area contributed by atoms with Gasteiger partial charge in [-0.25, -0.2) is 8.42 Å². The van der Waals surface area contributed by atoms with E-state index in [1.807, 2.05) is 25.5 Å². The number of carbonyl (C=O) groups is 1. The number of nitrogens with zero attached hydrogens (tertiary/aromatic N) is 3. The van der Waals surface area contributed by atoms with Crippen LogP contribution in [0, 0.1) is 6.92 Å². The van der Waals surface area contributed by atoms with Crippen LogP contribution in [-0.4, -0.2) is 35.8 Å². The molecule has 0 aliphatic carbocycles. The molecule has 6 nitrogen and oxygen atoms in total. The van der Waals surface area contributed by atoms with E-state index in [0.717, 1.165) is 19.3 Å². The average molecular weight is 394 g/mol. The minimum atomic E-state index is -3.62. The largest absolute Gasteiger partial charge is 0.327 e. The fourth-order valence-electron chi connectivity index (χ4n) is 3.14. The molecular formula is C18H23N3O3S2. The van der Waals surface area contributed by atoms with Crippen LogP contribution in [0.4, 0.5) is 0 Å². The number of hydrogen-bond donors (Lipinski definition) is 0. The Kier molecular flexibility index (Phi) is 5.45. The Bertz CT molecular complexity index is 989. The summed E-state index contributed by atoms with van der Waals surface area (Å²) in [4.78, 5) is 17.5. The lowest BCUT2D eigenvalue weighted by atomic mass is 10.1. The van der Waals surface area contributed by atoms with E-state index in [9.17, 15) is 13.2 Å². The van der Waals surface area contributed by atoms with Crippen LogP contribution in [0.3, 0.4) is 0 Å². The zero-order valence-corrected chi connectivity index (χ0v) is 16.8. The summed E-state index contributed by atoms with van der Waals surface area (Å²) in [6.45, 7) is 4.25. The van der Waals surface area contributed by atoms with Gasteiger partial charge < -0.3 is 4.57 Å². The van der Waals surface area contributed by atoms with Gasteiger partial charge in [-0.3, -0.25) is 4.79 Å². The van der Waals surface area contributed by atoms with E-state index >= 15 is 0 Å². The van der Waals surface area contributed by atoms with Gasteiger partial charge in [0.15, 0.2) is 4.80 Å². The zero-order chi connectivity index (χ0) is 18.9. The van der Waals surface area contributed by atoms with Crippen molar-refractivity contribution >= 4 is 27.3 Å². The molecule has 26 heavy (non-hydrogen) atoms. The Labute approximate surface area is 157 Å². The molecule has 2 aromatic rings. The third-order valence-corrected chi connectivity index (χ3v) is 7.60. The van der Waals surface area contributed by atoms with Crippen molar-refractivity contribution in [1.82, 2.24) is 8.87 Å². The first-order valence-corrected chi connectivity index (χ1v) is 10.9. The van der Waals surface area contributed by atoms with Gasteiger partial charge in [-0.15, -0.1) is 11.3 Å². The maximum absolute atomic E-state index is 13.0. The van der Waals surface area contributed by atoms with Gasteiger partial charge in [0, 0.05) is 36.8 Å². The van der Waals surface area contributed by atoms with Crippen LogP contribution >= 0.6 is 11.3 Å². The van der Waals surface area contributed by atoms with Gasteiger partial charge in [-0.2, -0.15) is 9.30 Å². The summed E-state index contributed by atoms with van der Waals surface area (Å²) < 4.78 is 29.4. The smallest absolute Gasteiger partial charge is 0.279 e. The number of sulfonamides is 1. The standard InChI is InChI=1S/C18H23N3O3S2/c1-13-7-8-15(26(23,24)21-9-5-4-6-14(21)2)12-16(13)17(22)19-18-20(3)10-11-25-18/h7-8,10-12,14H,4-6,9H2,1-3H3. The molecule has 1 aliphatic rings. The average Bonchev–Trinajstić information content (AvgIpc) is 3.00. The highest BCUT2D eigenvalue weighted by atomic mass is 32.2. The van der Waals surface area contributed by atoms with Crippen molar-refractivity contribution in [2.45, 2.75) is 44.0 Å². The van der Waals surface area contributed by atoms with Gasteiger partial charge in [0.05, 0.1) is 4.90 Å². The monoisotopic (exact) mass is 393 g/mol. The first kappa shape index (κ1) is 19.0. The third-order valence-electron chi connectivity index (χ3n) is 4.74. The van der Waals surface area contributed by atoms with Crippen molar-refractivity contribution < 1.29 is 13.2 Å². The maximum atomic E-state index is 13.0. The molecule has 0 saturated carbocycles. The van der Waals surface area contributed by atoms with Gasteiger partial charge >= 0.3 is 0 Å². The summed E-state index contributed by atoms with van der Waals surface area (Å²) >= 11 is 1.36. The molecule has 1 aromatic carbocycles. The van der Waals surface area contributed by atoms with Crippen LogP contribution in [0.1, 0.15) is 42.1 Å². The van der Waals surface area contributed by atoms with E-state index < -0.39 is 15.9 Å². The maximum Gasteiger partial charge on any atom is 0.279 e. The molecule has 1 saturated heterocycles. The second-order valence-corrected chi connectivity index (χ2v) is 9.41. The van der Waals surface area contributed by atoms with Crippen LogP contribution in [0.15, 0.2) is 39.7 Å². The molecule has 0 radical (unpaired) electrons. The lowest BCUT2D eigenvalue weighted by Crippen LogP contribution is -2.41. The summed E-state index contributed by atoms with van der Waals surface area (Å²) in [5.41, 5.74) is 1.03. The molecule has 1 aliphatic heterocycles. The number of hydrogen-bond acceptors (Lipinski definition) is 4. The normalized spacial score (nSPS) is 19.7. The highest BCUT2D eigenvalue weighted by Gasteiger charge is 2.31. The first-order chi connectivity index (χ1) is 12.3. The summed E-state index contributed by atoms with van der Waals surface area (Å²) in [6, 6.07) is 4.70. The van der Waals surface area contributed by atoms with Crippen LogP contribution < -0.4 is 4.80 Å². The van der Waals surface area contributed by atoms with Gasteiger partial charge in [0.2, 0.25) is 10.0 Å². The van der Waals surface area contributed by atoms with Crippen molar-refractivity contribution in [3.05, 3.63) is 45.7 Å². The molecule has 1 aromatic heterocycles. The highest BCUT2D eigenvalue weighted by Crippen LogP contribution is 2.26. The number of carbonyl (C=O) groups excluding carboxylic acids is 1. The molecule has 1 fully saturated rings. The molecular weight excluding hydrogens is 370 g/mol. The second kappa shape index (κ2) is 7.46.